The second kappa shape index (κ2) is 13.9. The van der Waals surface area contributed by atoms with E-state index in [0.29, 0.717) is 24.4 Å². The molecule has 0 atom stereocenters. The lowest BCUT2D eigenvalue weighted by Gasteiger charge is -2.13. The average molecular weight is 633 g/mol. The molecule has 3 N–H and O–H groups in total. The predicted molar refractivity (Wildman–Crippen MR) is 170 cm³/mol. The van der Waals surface area contributed by atoms with Crippen LogP contribution >= 0.6 is 0 Å². The number of nitrogens with one attached hydrogen (secondary N) is 3. The molecule has 1 fully saturated rings. The number of carbonyl (C=O) groups excluding carboxylic acids is 3. The molecule has 3 amide bonds. The average Bonchev–Trinajstić information content (AvgIpc) is 3.65. The molecule has 1 aliphatic rings. The van der Waals surface area contributed by atoms with Crippen molar-refractivity contribution in [2.24, 2.45) is 0 Å². The molecular formula is C33H36N4O7S. The minimum Gasteiger partial charge on any atom is -0.496 e. The van der Waals surface area contributed by atoms with E-state index >= 15 is 0 Å². The Hall–Kier alpha value is -4.84. The fraction of sp³-hybridized carbons (Fsp3) is 0.303. The number of ether oxygens (including phenoxy) is 2. The molecule has 1 heterocycles. The van der Waals surface area contributed by atoms with Gasteiger partial charge in [-0.1, -0.05) is 24.3 Å². The first-order valence-corrected chi connectivity index (χ1v) is 16.3. The molecule has 0 radical (unpaired) electrons. The van der Waals surface area contributed by atoms with Gasteiger partial charge in [0.25, 0.3) is 15.9 Å². The van der Waals surface area contributed by atoms with Crippen LogP contribution in [0.15, 0.2) is 77.8 Å². The Balaban J connectivity index is 1.41. The summed E-state index contributed by atoms with van der Waals surface area (Å²) in [5.74, 6) is -0.539. The number of fused-ring (bicyclic) bond motifs is 1. The summed E-state index contributed by atoms with van der Waals surface area (Å²) < 4.78 is 40.5. The van der Waals surface area contributed by atoms with Crippen molar-refractivity contribution < 1.29 is 32.3 Å². The Bertz CT molecular complexity index is 1810. The normalized spacial score (nSPS) is 13.4. The smallest absolute Gasteiger partial charge is 0.411 e. The minimum absolute atomic E-state index is 0.0217. The zero-order chi connectivity index (χ0) is 32.0. The van der Waals surface area contributed by atoms with Crippen LogP contribution in [0.25, 0.3) is 10.9 Å². The van der Waals surface area contributed by atoms with Crippen LogP contribution in [0, 0.1) is 0 Å². The van der Waals surface area contributed by atoms with Gasteiger partial charge in [0.15, 0.2) is 0 Å². The monoisotopic (exact) mass is 632 g/mol. The zero-order valence-electron chi connectivity index (χ0n) is 25.2. The molecule has 5 rings (SSSR count). The highest BCUT2D eigenvalue weighted by atomic mass is 32.2. The first kappa shape index (κ1) is 31.6. The molecule has 12 heteroatoms. The number of likely N-dealkylation sites (N-methyl/N-ethyl adjacent to an activating group) is 1. The lowest BCUT2D eigenvalue weighted by Crippen LogP contribution is -2.30. The highest BCUT2D eigenvalue weighted by Crippen LogP contribution is 2.31. The van der Waals surface area contributed by atoms with Crippen molar-refractivity contribution in [3.63, 3.8) is 0 Å². The van der Waals surface area contributed by atoms with E-state index < -0.39 is 22.0 Å². The van der Waals surface area contributed by atoms with Gasteiger partial charge in [-0.2, -0.15) is 0 Å². The number of rotatable bonds is 11. The van der Waals surface area contributed by atoms with Crippen LogP contribution in [-0.2, 0) is 32.5 Å². The summed E-state index contributed by atoms with van der Waals surface area (Å²) in [5.41, 5.74) is 3.05. The van der Waals surface area contributed by atoms with Crippen LogP contribution in [0.1, 0.15) is 54.1 Å². The second-order valence-corrected chi connectivity index (χ2v) is 12.5. The van der Waals surface area contributed by atoms with Crippen molar-refractivity contribution in [3.8, 4) is 5.75 Å². The molecule has 0 aliphatic heterocycles. The van der Waals surface area contributed by atoms with E-state index in [-0.39, 0.29) is 29.0 Å². The summed E-state index contributed by atoms with van der Waals surface area (Å²) in [6, 6.07) is 17.8. The maximum atomic E-state index is 12.9. The van der Waals surface area contributed by atoms with Crippen LogP contribution < -0.4 is 20.1 Å². The summed E-state index contributed by atoms with van der Waals surface area (Å²) in [6.45, 7) is 2.46. The lowest BCUT2D eigenvalue weighted by atomic mass is 10.0. The molecular weight excluding hydrogens is 596 g/mol. The maximum absolute atomic E-state index is 12.9. The third-order valence-electron chi connectivity index (χ3n) is 7.68. The third-order valence-corrected chi connectivity index (χ3v) is 9.03. The standard InChI is InChI=1S/C33H36N4O7S/c1-3-34-31(38)21-37-20-24(28-19-25(15-16-29(28)37)35-33(40)44-26-9-7-8-10-26)17-22-13-14-23(18-30(22)43-2)32(39)36-45(41,42)27-11-5-4-6-12-27/h4-6,11-16,18-20,26H,3,7-10,17,21H2,1-2H3,(H,34,38)(H,35,40)(H,36,39). The van der Waals surface area contributed by atoms with Gasteiger partial charge in [-0.05, 0) is 86.2 Å². The Morgan fingerprint density at radius 1 is 0.956 bits per heavy atom. The molecule has 3 aromatic carbocycles. The number of sulfonamides is 1. The number of anilines is 1. The third kappa shape index (κ3) is 7.63. The van der Waals surface area contributed by atoms with E-state index in [1.165, 1.54) is 31.4 Å². The number of carbonyl (C=O) groups is 3. The van der Waals surface area contributed by atoms with Gasteiger partial charge in [0.05, 0.1) is 12.0 Å². The molecule has 1 aliphatic carbocycles. The number of aromatic nitrogens is 1. The van der Waals surface area contributed by atoms with Crippen molar-refractivity contribution in [1.29, 1.82) is 0 Å². The van der Waals surface area contributed by atoms with Crippen LogP contribution in [0.3, 0.4) is 0 Å². The van der Waals surface area contributed by atoms with Gasteiger partial charge in [-0.3, -0.25) is 14.9 Å². The highest BCUT2D eigenvalue weighted by molar-refractivity contribution is 7.90. The van der Waals surface area contributed by atoms with Crippen molar-refractivity contribution >= 4 is 44.5 Å². The van der Waals surface area contributed by atoms with Crippen LogP contribution in [0.2, 0.25) is 0 Å². The highest BCUT2D eigenvalue weighted by Gasteiger charge is 2.22. The zero-order valence-corrected chi connectivity index (χ0v) is 26.0. The lowest BCUT2D eigenvalue weighted by molar-refractivity contribution is -0.121. The maximum Gasteiger partial charge on any atom is 0.411 e. The van der Waals surface area contributed by atoms with Crippen molar-refractivity contribution in [3.05, 3.63) is 89.6 Å². The second-order valence-electron chi connectivity index (χ2n) is 10.9. The van der Waals surface area contributed by atoms with E-state index in [9.17, 15) is 22.8 Å². The fourth-order valence-electron chi connectivity index (χ4n) is 5.51. The van der Waals surface area contributed by atoms with Gasteiger partial charge in [0.1, 0.15) is 18.4 Å². The largest absolute Gasteiger partial charge is 0.496 e. The van der Waals surface area contributed by atoms with Gasteiger partial charge in [0.2, 0.25) is 5.91 Å². The first-order valence-electron chi connectivity index (χ1n) is 14.8. The van der Waals surface area contributed by atoms with Gasteiger partial charge < -0.3 is 19.4 Å². The van der Waals surface area contributed by atoms with E-state index in [1.54, 1.807) is 30.3 Å². The Morgan fingerprint density at radius 2 is 1.71 bits per heavy atom. The van der Waals surface area contributed by atoms with Crippen LogP contribution in [-0.4, -0.2) is 50.7 Å². The van der Waals surface area contributed by atoms with Crippen molar-refractivity contribution in [2.45, 2.75) is 56.6 Å². The molecule has 1 saturated carbocycles. The quantitative estimate of drug-likeness (QED) is 0.211. The first-order chi connectivity index (χ1) is 21.7. The summed E-state index contributed by atoms with van der Waals surface area (Å²) >= 11 is 0. The molecule has 45 heavy (non-hydrogen) atoms. The molecule has 11 nitrogen and oxygen atoms in total. The predicted octanol–water partition coefficient (Wildman–Crippen LogP) is 4.99. The Kier molecular flexibility index (Phi) is 9.72. The van der Waals surface area contributed by atoms with Gasteiger partial charge in [0, 0.05) is 41.3 Å². The van der Waals surface area contributed by atoms with E-state index in [1.807, 2.05) is 29.8 Å². The van der Waals surface area contributed by atoms with E-state index in [2.05, 4.69) is 15.4 Å². The summed E-state index contributed by atoms with van der Waals surface area (Å²) in [6.07, 6.45) is 5.50. The van der Waals surface area contributed by atoms with Gasteiger partial charge in [-0.25, -0.2) is 17.9 Å². The van der Waals surface area contributed by atoms with Gasteiger partial charge in [-0.15, -0.1) is 0 Å². The molecule has 4 aromatic rings. The molecule has 1 aromatic heterocycles. The van der Waals surface area contributed by atoms with Crippen molar-refractivity contribution in [1.82, 2.24) is 14.6 Å². The fourth-order valence-corrected chi connectivity index (χ4v) is 6.50. The number of methoxy groups -OCH3 is 1. The number of benzene rings is 3. The SMILES string of the molecule is CCNC(=O)Cn1cc(Cc2ccc(C(=O)NS(=O)(=O)c3ccccc3)cc2OC)c2cc(NC(=O)OC3CCCC3)ccc21. The van der Waals surface area contributed by atoms with Crippen molar-refractivity contribution in [2.75, 3.05) is 19.0 Å². The Morgan fingerprint density at radius 3 is 2.42 bits per heavy atom. The molecule has 0 bridgehead atoms. The molecule has 0 unspecified atom stereocenters. The molecule has 236 valence electrons. The summed E-state index contributed by atoms with van der Waals surface area (Å²) in [5, 5.41) is 6.46. The number of hydrogen-bond donors (Lipinski definition) is 3. The Labute approximate surface area is 262 Å². The topological polar surface area (TPSA) is 145 Å². The van der Waals surface area contributed by atoms with E-state index in [0.717, 1.165) is 47.7 Å². The van der Waals surface area contributed by atoms with Gasteiger partial charge >= 0.3 is 6.09 Å². The molecule has 0 saturated heterocycles. The molecule has 0 spiro atoms. The number of amides is 3. The van der Waals surface area contributed by atoms with Crippen LogP contribution in [0.5, 0.6) is 5.75 Å². The van der Waals surface area contributed by atoms with E-state index in [4.69, 9.17) is 9.47 Å². The minimum atomic E-state index is -4.06. The number of nitrogens with zero attached hydrogens (tertiary/aromatic N) is 1. The number of hydrogen-bond acceptors (Lipinski definition) is 7. The summed E-state index contributed by atoms with van der Waals surface area (Å²) in [7, 11) is -2.59. The summed E-state index contributed by atoms with van der Waals surface area (Å²) in [4.78, 5) is 37.9. The van der Waals surface area contributed by atoms with Crippen LogP contribution in [0.4, 0.5) is 10.5 Å².